The summed E-state index contributed by atoms with van der Waals surface area (Å²) >= 11 is 0. The second-order valence-electron chi connectivity index (χ2n) is 6.04. The number of rotatable bonds is 7. The Hall–Kier alpha value is -1.40. The van der Waals surface area contributed by atoms with E-state index < -0.39 is 10.0 Å². The summed E-state index contributed by atoms with van der Waals surface area (Å²) in [7, 11) is -3.22. The van der Waals surface area contributed by atoms with Crippen LogP contribution in [0.15, 0.2) is 30.3 Å². The zero-order chi connectivity index (χ0) is 16.7. The number of sulfonamides is 1. The van der Waals surface area contributed by atoms with Gasteiger partial charge in [0.15, 0.2) is 0 Å². The number of carbonyl (C=O) groups excluding carboxylic acids is 1. The lowest BCUT2D eigenvalue weighted by Gasteiger charge is -2.31. The van der Waals surface area contributed by atoms with Crippen molar-refractivity contribution in [3.63, 3.8) is 0 Å². The van der Waals surface area contributed by atoms with Crippen molar-refractivity contribution in [2.45, 2.75) is 45.1 Å². The molecule has 1 aromatic rings. The van der Waals surface area contributed by atoms with Gasteiger partial charge >= 0.3 is 0 Å². The van der Waals surface area contributed by atoms with E-state index in [1.807, 2.05) is 37.3 Å². The van der Waals surface area contributed by atoms with Crippen LogP contribution in [0.3, 0.4) is 0 Å². The second kappa shape index (κ2) is 8.45. The molecule has 1 amide bonds. The normalized spacial score (nSPS) is 17.1. The molecule has 2 rings (SSSR count). The molecule has 1 fully saturated rings. The van der Waals surface area contributed by atoms with Crippen LogP contribution in [-0.2, 0) is 21.2 Å². The fraction of sp³-hybridized carbons (Fsp3) is 0.588. The molecule has 128 valence electrons. The lowest BCUT2D eigenvalue weighted by atomic mass is 10.1. The third-order valence-electron chi connectivity index (χ3n) is 4.18. The Morgan fingerprint density at radius 1 is 1.22 bits per heavy atom. The molecule has 1 aliphatic heterocycles. The average Bonchev–Trinajstić information content (AvgIpc) is 2.55. The Kier molecular flexibility index (Phi) is 6.59. The van der Waals surface area contributed by atoms with Gasteiger partial charge in [-0.25, -0.2) is 12.7 Å². The van der Waals surface area contributed by atoms with Gasteiger partial charge in [0.25, 0.3) is 0 Å². The SMILES string of the molecule is CCCC(=O)NC1CCN(S(=O)(=O)CCc2ccccc2)CC1. The van der Waals surface area contributed by atoms with Crippen LogP contribution in [-0.4, -0.2) is 43.5 Å². The highest BCUT2D eigenvalue weighted by Crippen LogP contribution is 2.16. The fourth-order valence-corrected chi connectivity index (χ4v) is 4.34. The number of benzene rings is 1. The maximum atomic E-state index is 12.4. The molecule has 1 heterocycles. The van der Waals surface area contributed by atoms with Gasteiger partial charge in [-0.1, -0.05) is 37.3 Å². The highest BCUT2D eigenvalue weighted by Gasteiger charge is 2.28. The molecule has 1 aliphatic rings. The Morgan fingerprint density at radius 2 is 1.87 bits per heavy atom. The average molecular weight is 338 g/mol. The third kappa shape index (κ3) is 5.62. The summed E-state index contributed by atoms with van der Waals surface area (Å²) in [5.41, 5.74) is 1.04. The molecule has 6 heteroatoms. The number of nitrogens with one attached hydrogen (secondary N) is 1. The zero-order valence-corrected chi connectivity index (χ0v) is 14.5. The summed E-state index contributed by atoms with van der Waals surface area (Å²) in [5.74, 6) is 0.210. The quantitative estimate of drug-likeness (QED) is 0.826. The van der Waals surface area contributed by atoms with Crippen LogP contribution in [0.1, 0.15) is 38.2 Å². The third-order valence-corrected chi connectivity index (χ3v) is 6.05. The van der Waals surface area contributed by atoms with Crippen LogP contribution in [0.25, 0.3) is 0 Å². The van der Waals surface area contributed by atoms with Gasteiger partial charge < -0.3 is 5.32 Å². The van der Waals surface area contributed by atoms with Crippen LogP contribution in [0.4, 0.5) is 0 Å². The first-order chi connectivity index (χ1) is 11.0. The number of hydrogen-bond donors (Lipinski definition) is 1. The van der Waals surface area contributed by atoms with E-state index in [9.17, 15) is 13.2 Å². The van der Waals surface area contributed by atoms with Crippen molar-refractivity contribution in [3.05, 3.63) is 35.9 Å². The Labute approximate surface area is 139 Å². The highest BCUT2D eigenvalue weighted by molar-refractivity contribution is 7.89. The number of aryl methyl sites for hydroxylation is 1. The van der Waals surface area contributed by atoms with E-state index in [2.05, 4.69) is 5.32 Å². The van der Waals surface area contributed by atoms with Gasteiger partial charge in [0, 0.05) is 25.6 Å². The predicted octanol–water partition coefficient (Wildman–Crippen LogP) is 1.94. The molecular weight excluding hydrogens is 312 g/mol. The minimum Gasteiger partial charge on any atom is -0.353 e. The lowest BCUT2D eigenvalue weighted by Crippen LogP contribution is -2.47. The number of piperidine rings is 1. The van der Waals surface area contributed by atoms with Gasteiger partial charge in [0.1, 0.15) is 0 Å². The topological polar surface area (TPSA) is 66.5 Å². The van der Waals surface area contributed by atoms with Crippen LogP contribution in [0, 0.1) is 0 Å². The van der Waals surface area contributed by atoms with E-state index in [4.69, 9.17) is 0 Å². The molecule has 0 aliphatic carbocycles. The van der Waals surface area contributed by atoms with Gasteiger partial charge in [-0.15, -0.1) is 0 Å². The Balaban J connectivity index is 1.80. The molecule has 0 aromatic heterocycles. The molecule has 1 aromatic carbocycles. The minimum absolute atomic E-state index is 0.0675. The van der Waals surface area contributed by atoms with E-state index in [1.165, 1.54) is 0 Å². The Bertz CT molecular complexity index is 594. The molecule has 0 saturated carbocycles. The summed E-state index contributed by atoms with van der Waals surface area (Å²) in [6.45, 7) is 2.96. The van der Waals surface area contributed by atoms with Gasteiger partial charge in [0.05, 0.1) is 5.75 Å². The van der Waals surface area contributed by atoms with Crippen LogP contribution in [0.5, 0.6) is 0 Å². The van der Waals surface area contributed by atoms with Crippen LogP contribution in [0.2, 0.25) is 0 Å². The molecular formula is C17H26N2O3S. The zero-order valence-electron chi connectivity index (χ0n) is 13.7. The van der Waals surface area contributed by atoms with Crippen LogP contribution >= 0.6 is 0 Å². The number of hydrogen-bond acceptors (Lipinski definition) is 3. The van der Waals surface area contributed by atoms with Gasteiger partial charge in [-0.2, -0.15) is 0 Å². The summed E-state index contributed by atoms with van der Waals surface area (Å²) < 4.78 is 26.4. The molecule has 1 N–H and O–H groups in total. The van der Waals surface area contributed by atoms with E-state index in [0.29, 0.717) is 38.8 Å². The number of amides is 1. The van der Waals surface area contributed by atoms with Crippen LogP contribution < -0.4 is 5.32 Å². The van der Waals surface area contributed by atoms with Crippen molar-refractivity contribution < 1.29 is 13.2 Å². The largest absolute Gasteiger partial charge is 0.353 e. The first-order valence-corrected chi connectivity index (χ1v) is 9.93. The van der Waals surface area contributed by atoms with Crippen molar-refractivity contribution in [1.82, 2.24) is 9.62 Å². The summed E-state index contributed by atoms with van der Waals surface area (Å²) in [4.78, 5) is 11.6. The number of carbonyl (C=O) groups is 1. The molecule has 5 nitrogen and oxygen atoms in total. The first kappa shape index (κ1) is 17.9. The van der Waals surface area contributed by atoms with E-state index in [1.54, 1.807) is 4.31 Å². The van der Waals surface area contributed by atoms with Crippen molar-refractivity contribution in [2.24, 2.45) is 0 Å². The van der Waals surface area contributed by atoms with Crippen molar-refractivity contribution in [3.8, 4) is 0 Å². The second-order valence-corrected chi connectivity index (χ2v) is 8.13. The smallest absolute Gasteiger partial charge is 0.220 e. The maximum Gasteiger partial charge on any atom is 0.220 e. The molecule has 0 unspecified atom stereocenters. The first-order valence-electron chi connectivity index (χ1n) is 8.32. The summed E-state index contributed by atoms with van der Waals surface area (Å²) in [6.07, 6.45) is 3.30. The molecule has 0 spiro atoms. The standard InChI is InChI=1S/C17H26N2O3S/c1-2-6-17(20)18-16-9-12-19(13-10-16)23(21,22)14-11-15-7-4-3-5-8-15/h3-5,7-8,16H,2,6,9-14H2,1H3,(H,18,20). The van der Waals surface area contributed by atoms with E-state index in [0.717, 1.165) is 12.0 Å². The lowest BCUT2D eigenvalue weighted by molar-refractivity contribution is -0.122. The van der Waals surface area contributed by atoms with Gasteiger partial charge in [-0.05, 0) is 31.2 Å². The van der Waals surface area contributed by atoms with Crippen molar-refractivity contribution >= 4 is 15.9 Å². The molecule has 0 radical (unpaired) electrons. The monoisotopic (exact) mass is 338 g/mol. The van der Waals surface area contributed by atoms with E-state index >= 15 is 0 Å². The van der Waals surface area contributed by atoms with Gasteiger partial charge in [0.2, 0.25) is 15.9 Å². The Morgan fingerprint density at radius 3 is 2.48 bits per heavy atom. The highest BCUT2D eigenvalue weighted by atomic mass is 32.2. The summed E-state index contributed by atoms with van der Waals surface area (Å²) in [5, 5.41) is 2.99. The predicted molar refractivity (Wildman–Crippen MR) is 91.6 cm³/mol. The summed E-state index contributed by atoms with van der Waals surface area (Å²) in [6, 6.07) is 9.78. The fourth-order valence-electron chi connectivity index (χ4n) is 2.83. The molecule has 1 saturated heterocycles. The molecule has 23 heavy (non-hydrogen) atoms. The number of nitrogens with zero attached hydrogens (tertiary/aromatic N) is 1. The van der Waals surface area contributed by atoms with Gasteiger partial charge in [-0.3, -0.25) is 4.79 Å². The van der Waals surface area contributed by atoms with Crippen molar-refractivity contribution in [2.75, 3.05) is 18.8 Å². The maximum absolute atomic E-state index is 12.4. The minimum atomic E-state index is -3.22. The van der Waals surface area contributed by atoms with E-state index in [-0.39, 0.29) is 17.7 Å². The van der Waals surface area contributed by atoms with Crippen molar-refractivity contribution in [1.29, 1.82) is 0 Å². The molecule has 0 bridgehead atoms. The molecule has 0 atom stereocenters.